The minimum Gasteiger partial charge on any atom is -0.497 e. The van der Waals surface area contributed by atoms with Crippen LogP contribution in [0.15, 0.2) is 48.2 Å². The highest BCUT2D eigenvalue weighted by Gasteiger charge is 2.30. The molecule has 0 saturated heterocycles. The highest BCUT2D eigenvalue weighted by molar-refractivity contribution is 6.09. The number of hydrogen-bond acceptors (Lipinski definition) is 4. The van der Waals surface area contributed by atoms with Crippen LogP contribution in [0.2, 0.25) is 0 Å². The number of methoxy groups -OCH3 is 1. The molecule has 0 aromatic heterocycles. The van der Waals surface area contributed by atoms with Crippen LogP contribution in [0.25, 0.3) is 6.08 Å². The van der Waals surface area contributed by atoms with Crippen LogP contribution in [-0.4, -0.2) is 26.1 Å². The molecule has 1 heterocycles. The van der Waals surface area contributed by atoms with E-state index in [1.165, 1.54) is 0 Å². The average molecular weight is 352 g/mol. The van der Waals surface area contributed by atoms with Crippen LogP contribution in [-0.2, 0) is 4.79 Å². The summed E-state index contributed by atoms with van der Waals surface area (Å²) in [6, 6.07) is 13.4. The number of carbonyl (C=O) groups is 1. The molecule has 2 aromatic carbocycles. The van der Waals surface area contributed by atoms with Crippen LogP contribution >= 0.6 is 0 Å². The van der Waals surface area contributed by atoms with Gasteiger partial charge < -0.3 is 20.1 Å². The Morgan fingerprint density at radius 2 is 2.04 bits per heavy atom. The van der Waals surface area contributed by atoms with Crippen molar-refractivity contribution in [3.05, 3.63) is 59.4 Å². The molecule has 5 heteroatoms. The van der Waals surface area contributed by atoms with Crippen LogP contribution in [0.1, 0.15) is 24.0 Å². The molecule has 2 N–H and O–H groups in total. The first kappa shape index (κ1) is 18.0. The van der Waals surface area contributed by atoms with E-state index in [-0.39, 0.29) is 5.91 Å². The Morgan fingerprint density at radius 3 is 2.81 bits per heavy atom. The summed E-state index contributed by atoms with van der Waals surface area (Å²) in [5, 5.41) is 0. The van der Waals surface area contributed by atoms with Gasteiger partial charge in [-0.05, 0) is 67.8 Å². The van der Waals surface area contributed by atoms with Crippen molar-refractivity contribution in [2.45, 2.75) is 19.8 Å². The number of fused-ring (bicyclic) bond motifs is 1. The Balaban J connectivity index is 1.96. The monoisotopic (exact) mass is 352 g/mol. The van der Waals surface area contributed by atoms with Gasteiger partial charge in [0.15, 0.2) is 11.5 Å². The number of nitrogens with two attached hydrogens (primary N) is 1. The van der Waals surface area contributed by atoms with Crippen LogP contribution in [0.3, 0.4) is 0 Å². The van der Waals surface area contributed by atoms with E-state index in [0.717, 1.165) is 35.4 Å². The smallest absolute Gasteiger partial charge is 0.294 e. The summed E-state index contributed by atoms with van der Waals surface area (Å²) in [7, 11) is 1.62. The molecule has 26 heavy (non-hydrogen) atoms. The predicted molar refractivity (Wildman–Crippen MR) is 103 cm³/mol. The van der Waals surface area contributed by atoms with E-state index in [2.05, 4.69) is 0 Å². The quantitative estimate of drug-likeness (QED) is 0.638. The lowest BCUT2D eigenvalue weighted by Crippen LogP contribution is -2.38. The van der Waals surface area contributed by atoms with Gasteiger partial charge in [0.05, 0.1) is 12.8 Å². The number of unbranched alkanes of at least 4 members (excludes halogenated alkanes) is 1. The number of anilines is 1. The highest BCUT2D eigenvalue weighted by atomic mass is 16.5. The molecular formula is C21H24N2O3. The summed E-state index contributed by atoms with van der Waals surface area (Å²) in [5.74, 6) is 1.60. The number of rotatable bonds is 6. The Morgan fingerprint density at radius 1 is 1.19 bits per heavy atom. The van der Waals surface area contributed by atoms with Crippen molar-refractivity contribution in [3.8, 4) is 11.5 Å². The van der Waals surface area contributed by atoms with Gasteiger partial charge in [-0.15, -0.1) is 0 Å². The lowest BCUT2D eigenvalue weighted by Gasteiger charge is -2.31. The topological polar surface area (TPSA) is 64.8 Å². The second kappa shape index (κ2) is 8.06. The zero-order valence-electron chi connectivity index (χ0n) is 15.2. The zero-order chi connectivity index (χ0) is 18.5. The van der Waals surface area contributed by atoms with Gasteiger partial charge in [0, 0.05) is 6.54 Å². The van der Waals surface area contributed by atoms with Gasteiger partial charge in [0.1, 0.15) is 5.75 Å². The summed E-state index contributed by atoms with van der Waals surface area (Å²) < 4.78 is 11.2. The fourth-order valence-corrected chi connectivity index (χ4v) is 2.94. The van der Waals surface area contributed by atoms with Gasteiger partial charge in [-0.1, -0.05) is 18.2 Å². The van der Waals surface area contributed by atoms with E-state index in [1.807, 2.05) is 49.4 Å². The van der Waals surface area contributed by atoms with Gasteiger partial charge in [-0.2, -0.15) is 0 Å². The Hall–Kier alpha value is -2.79. The maximum Gasteiger partial charge on any atom is 0.294 e. The molecule has 1 amide bonds. The maximum atomic E-state index is 13.0. The maximum absolute atomic E-state index is 13.0. The molecule has 0 radical (unpaired) electrons. The molecule has 0 saturated carbocycles. The third kappa shape index (κ3) is 3.89. The largest absolute Gasteiger partial charge is 0.497 e. The van der Waals surface area contributed by atoms with Gasteiger partial charge in [0.2, 0.25) is 0 Å². The lowest BCUT2D eigenvalue weighted by molar-refractivity contribution is -0.117. The second-order valence-electron chi connectivity index (χ2n) is 6.31. The fourth-order valence-electron chi connectivity index (χ4n) is 2.94. The first-order valence-corrected chi connectivity index (χ1v) is 8.78. The molecule has 0 fully saturated rings. The molecule has 136 valence electrons. The fraction of sp³-hybridized carbons (Fsp3) is 0.286. The third-order valence-electron chi connectivity index (χ3n) is 4.31. The Labute approximate surface area is 154 Å². The number of ether oxygens (including phenoxy) is 2. The molecule has 3 rings (SSSR count). The van der Waals surface area contributed by atoms with E-state index in [4.69, 9.17) is 15.2 Å². The van der Waals surface area contributed by atoms with Gasteiger partial charge in [-0.3, -0.25) is 4.79 Å². The number of hydrogen-bond donors (Lipinski definition) is 1. The van der Waals surface area contributed by atoms with Crippen LogP contribution in [0.5, 0.6) is 11.5 Å². The molecule has 0 bridgehead atoms. The van der Waals surface area contributed by atoms with E-state index in [1.54, 1.807) is 18.1 Å². The number of amides is 1. The van der Waals surface area contributed by atoms with Gasteiger partial charge in [-0.25, -0.2) is 0 Å². The first-order chi connectivity index (χ1) is 12.6. The third-order valence-corrected chi connectivity index (χ3v) is 4.31. The minimum absolute atomic E-state index is 0.136. The standard InChI is InChI=1S/C21H24N2O3/c1-15-8-9-19-18(12-15)23(11-4-3-10-22)21(24)20(26-19)14-16-6-5-7-17(13-16)25-2/h5-9,12-14H,3-4,10-11,22H2,1-2H3/b20-14+. The van der Waals surface area contributed by atoms with E-state index < -0.39 is 0 Å². The molecule has 0 atom stereocenters. The van der Waals surface area contributed by atoms with Crippen molar-refractivity contribution in [1.82, 2.24) is 0 Å². The second-order valence-corrected chi connectivity index (χ2v) is 6.31. The molecule has 1 aliphatic heterocycles. The molecule has 0 unspecified atom stereocenters. The molecular weight excluding hydrogens is 328 g/mol. The molecule has 5 nitrogen and oxygen atoms in total. The summed E-state index contributed by atoms with van der Waals surface area (Å²) in [6.45, 7) is 3.24. The minimum atomic E-state index is -0.136. The van der Waals surface area contributed by atoms with E-state index in [0.29, 0.717) is 24.6 Å². The number of benzene rings is 2. The SMILES string of the molecule is COc1cccc(/C=C2/Oc3ccc(C)cc3N(CCCCN)C2=O)c1. The number of aryl methyl sites for hydroxylation is 1. The lowest BCUT2D eigenvalue weighted by atomic mass is 10.1. The summed E-state index contributed by atoms with van der Waals surface area (Å²) in [4.78, 5) is 14.8. The molecule has 1 aliphatic rings. The summed E-state index contributed by atoms with van der Waals surface area (Å²) in [5.41, 5.74) is 8.36. The summed E-state index contributed by atoms with van der Waals surface area (Å²) >= 11 is 0. The molecule has 2 aromatic rings. The van der Waals surface area contributed by atoms with Crippen LogP contribution in [0, 0.1) is 6.92 Å². The molecule has 0 spiro atoms. The zero-order valence-corrected chi connectivity index (χ0v) is 15.2. The first-order valence-electron chi connectivity index (χ1n) is 8.78. The van der Waals surface area contributed by atoms with E-state index in [9.17, 15) is 4.79 Å². The summed E-state index contributed by atoms with van der Waals surface area (Å²) in [6.07, 6.45) is 3.48. The Kier molecular flexibility index (Phi) is 5.58. The average Bonchev–Trinajstić information content (AvgIpc) is 2.65. The van der Waals surface area contributed by atoms with Crippen LogP contribution in [0.4, 0.5) is 5.69 Å². The predicted octanol–water partition coefficient (Wildman–Crippen LogP) is 3.51. The van der Waals surface area contributed by atoms with E-state index >= 15 is 0 Å². The van der Waals surface area contributed by atoms with Crippen LogP contribution < -0.4 is 20.1 Å². The van der Waals surface area contributed by atoms with Crippen molar-refractivity contribution >= 4 is 17.7 Å². The normalized spacial score (nSPS) is 15.0. The van der Waals surface area contributed by atoms with Crippen molar-refractivity contribution in [1.29, 1.82) is 0 Å². The highest BCUT2D eigenvalue weighted by Crippen LogP contribution is 2.36. The van der Waals surface area contributed by atoms with Crippen molar-refractivity contribution in [2.75, 3.05) is 25.1 Å². The molecule has 0 aliphatic carbocycles. The number of nitrogens with zero attached hydrogens (tertiary/aromatic N) is 1. The van der Waals surface area contributed by atoms with Crippen molar-refractivity contribution < 1.29 is 14.3 Å². The number of carbonyl (C=O) groups excluding carboxylic acids is 1. The van der Waals surface area contributed by atoms with Crippen molar-refractivity contribution in [3.63, 3.8) is 0 Å². The van der Waals surface area contributed by atoms with Gasteiger partial charge in [0.25, 0.3) is 5.91 Å². The Bertz CT molecular complexity index is 830. The van der Waals surface area contributed by atoms with Gasteiger partial charge >= 0.3 is 0 Å². The van der Waals surface area contributed by atoms with Crippen molar-refractivity contribution in [2.24, 2.45) is 5.73 Å².